The van der Waals surface area contributed by atoms with Crippen molar-refractivity contribution in [2.75, 3.05) is 38.6 Å². The molecule has 2 aromatic carbocycles. The molecule has 2 aliphatic rings. The molecule has 0 atom stereocenters. The number of hydrogen-bond acceptors (Lipinski definition) is 6. The Morgan fingerprint density at radius 3 is 2.30 bits per heavy atom. The molecule has 0 radical (unpaired) electrons. The first-order valence-corrected chi connectivity index (χ1v) is 15.4. The van der Waals surface area contributed by atoms with E-state index in [0.717, 1.165) is 19.3 Å². The van der Waals surface area contributed by atoms with Crippen molar-refractivity contribution in [3.8, 4) is 5.75 Å². The SMILES string of the molecule is COc1ccc(NC(=O)C2CCN(S(=O)(=O)Cc3ccccc3F)CC2)cc1S(=O)(=O)N1CCCCC1. The van der Waals surface area contributed by atoms with E-state index < -0.39 is 37.5 Å². The summed E-state index contributed by atoms with van der Waals surface area (Å²) in [4.78, 5) is 13.0. The molecule has 0 aliphatic carbocycles. The van der Waals surface area contributed by atoms with Crippen LogP contribution in [0.2, 0.25) is 0 Å². The van der Waals surface area contributed by atoms with Gasteiger partial charge in [-0.1, -0.05) is 24.6 Å². The van der Waals surface area contributed by atoms with Gasteiger partial charge in [0.25, 0.3) is 0 Å². The van der Waals surface area contributed by atoms with Crippen LogP contribution in [0, 0.1) is 11.7 Å². The van der Waals surface area contributed by atoms with Crippen molar-refractivity contribution < 1.29 is 30.8 Å². The lowest BCUT2D eigenvalue weighted by Gasteiger charge is -2.30. The van der Waals surface area contributed by atoms with E-state index in [2.05, 4.69) is 5.32 Å². The molecule has 12 heteroatoms. The summed E-state index contributed by atoms with van der Waals surface area (Å²) in [6.07, 6.45) is 3.19. The molecule has 2 aromatic rings. The predicted octanol–water partition coefficient (Wildman–Crippen LogP) is 3.19. The van der Waals surface area contributed by atoms with Crippen molar-refractivity contribution in [1.29, 1.82) is 0 Å². The van der Waals surface area contributed by atoms with Gasteiger partial charge in [-0.2, -0.15) is 4.31 Å². The summed E-state index contributed by atoms with van der Waals surface area (Å²) in [5.41, 5.74) is 0.438. The van der Waals surface area contributed by atoms with Crippen molar-refractivity contribution >= 4 is 31.6 Å². The van der Waals surface area contributed by atoms with Crippen LogP contribution in [0.25, 0.3) is 0 Å². The number of benzene rings is 2. The van der Waals surface area contributed by atoms with E-state index in [0.29, 0.717) is 31.6 Å². The van der Waals surface area contributed by atoms with Gasteiger partial charge in [-0.05, 0) is 49.9 Å². The Morgan fingerprint density at radius 2 is 1.65 bits per heavy atom. The number of sulfonamides is 2. The molecule has 0 aromatic heterocycles. The number of carbonyl (C=O) groups excluding carboxylic acids is 1. The van der Waals surface area contributed by atoms with Gasteiger partial charge < -0.3 is 10.1 Å². The van der Waals surface area contributed by atoms with E-state index >= 15 is 0 Å². The lowest BCUT2D eigenvalue weighted by atomic mass is 9.97. The smallest absolute Gasteiger partial charge is 0.246 e. The monoisotopic (exact) mass is 553 g/mol. The maximum absolute atomic E-state index is 13.9. The van der Waals surface area contributed by atoms with E-state index in [9.17, 15) is 26.0 Å². The van der Waals surface area contributed by atoms with Gasteiger partial charge in [-0.15, -0.1) is 0 Å². The minimum Gasteiger partial charge on any atom is -0.495 e. The number of halogens is 1. The third-order valence-corrected chi connectivity index (χ3v) is 10.6. The van der Waals surface area contributed by atoms with Crippen molar-refractivity contribution in [3.63, 3.8) is 0 Å². The average molecular weight is 554 g/mol. The quantitative estimate of drug-likeness (QED) is 0.537. The summed E-state index contributed by atoms with van der Waals surface area (Å²) >= 11 is 0. The topological polar surface area (TPSA) is 113 Å². The van der Waals surface area contributed by atoms with E-state index in [1.54, 1.807) is 12.1 Å². The number of methoxy groups -OCH3 is 1. The van der Waals surface area contributed by atoms with Crippen LogP contribution in [-0.2, 0) is 30.6 Å². The van der Waals surface area contributed by atoms with Gasteiger partial charge in [0.15, 0.2) is 0 Å². The minimum absolute atomic E-state index is 0.00348. The summed E-state index contributed by atoms with van der Waals surface area (Å²) in [7, 11) is -6.11. The van der Waals surface area contributed by atoms with E-state index in [1.807, 2.05) is 0 Å². The Bertz CT molecular complexity index is 1340. The molecule has 2 heterocycles. The maximum atomic E-state index is 13.9. The second kappa shape index (κ2) is 11.5. The molecular formula is C25H32FN3O6S2. The molecule has 2 aliphatic heterocycles. The van der Waals surface area contributed by atoms with E-state index in [1.165, 1.54) is 46.1 Å². The van der Waals surface area contributed by atoms with Crippen LogP contribution >= 0.6 is 0 Å². The largest absolute Gasteiger partial charge is 0.495 e. The Hall–Kier alpha value is -2.54. The lowest BCUT2D eigenvalue weighted by molar-refractivity contribution is -0.120. The molecule has 1 N–H and O–H groups in total. The number of nitrogens with zero attached hydrogens (tertiary/aromatic N) is 2. The Morgan fingerprint density at radius 1 is 0.973 bits per heavy atom. The average Bonchev–Trinajstić information content (AvgIpc) is 2.90. The molecule has 2 fully saturated rings. The molecule has 0 saturated carbocycles. The molecule has 1 amide bonds. The van der Waals surface area contributed by atoms with Gasteiger partial charge in [0.2, 0.25) is 26.0 Å². The van der Waals surface area contributed by atoms with Crippen LogP contribution in [0.4, 0.5) is 10.1 Å². The molecule has 0 bridgehead atoms. The number of amides is 1. The molecule has 202 valence electrons. The van der Waals surface area contributed by atoms with Crippen LogP contribution in [0.3, 0.4) is 0 Å². The fraction of sp³-hybridized carbons (Fsp3) is 0.480. The summed E-state index contributed by atoms with van der Waals surface area (Å²) in [6, 6.07) is 10.3. The van der Waals surface area contributed by atoms with Gasteiger partial charge in [0.1, 0.15) is 16.5 Å². The number of anilines is 1. The number of carbonyl (C=O) groups is 1. The van der Waals surface area contributed by atoms with E-state index in [4.69, 9.17) is 4.74 Å². The molecule has 4 rings (SSSR count). The standard InChI is InChI=1S/C25H32FN3O6S2/c1-35-23-10-9-21(17-24(23)37(33,34)29-13-5-2-6-14-29)27-25(30)19-11-15-28(16-12-19)36(31,32)18-20-7-3-4-8-22(20)26/h3-4,7-10,17,19H,2,5-6,11-16,18H2,1H3,(H,27,30). The number of ether oxygens (including phenoxy) is 1. The lowest BCUT2D eigenvalue weighted by Crippen LogP contribution is -2.42. The normalized spacial score (nSPS) is 18.4. The second-order valence-electron chi connectivity index (χ2n) is 9.34. The third-order valence-electron chi connectivity index (χ3n) is 6.88. The van der Waals surface area contributed by atoms with E-state index in [-0.39, 0.29) is 35.2 Å². The molecular weight excluding hydrogens is 521 g/mol. The molecule has 9 nitrogen and oxygen atoms in total. The summed E-state index contributed by atoms with van der Waals surface area (Å²) in [6.45, 7) is 1.18. The fourth-order valence-electron chi connectivity index (χ4n) is 4.74. The Balaban J connectivity index is 1.40. The highest BCUT2D eigenvalue weighted by Gasteiger charge is 2.33. The molecule has 0 unspecified atom stereocenters. The van der Waals surface area contributed by atoms with Crippen LogP contribution in [0.1, 0.15) is 37.7 Å². The van der Waals surface area contributed by atoms with Crippen molar-refractivity contribution in [2.24, 2.45) is 5.92 Å². The first-order chi connectivity index (χ1) is 17.6. The predicted molar refractivity (Wildman–Crippen MR) is 138 cm³/mol. The zero-order valence-electron chi connectivity index (χ0n) is 20.7. The highest BCUT2D eigenvalue weighted by molar-refractivity contribution is 7.89. The number of piperidine rings is 2. The zero-order valence-corrected chi connectivity index (χ0v) is 22.4. The van der Waals surface area contributed by atoms with Crippen LogP contribution in [0.5, 0.6) is 5.75 Å². The minimum atomic E-state index is -3.78. The maximum Gasteiger partial charge on any atom is 0.246 e. The van der Waals surface area contributed by atoms with Crippen molar-refractivity contribution in [3.05, 3.63) is 53.8 Å². The molecule has 2 saturated heterocycles. The van der Waals surface area contributed by atoms with Crippen molar-refractivity contribution in [1.82, 2.24) is 8.61 Å². The van der Waals surface area contributed by atoms with Crippen LogP contribution in [0.15, 0.2) is 47.4 Å². The number of rotatable bonds is 8. The van der Waals surface area contributed by atoms with Crippen molar-refractivity contribution in [2.45, 2.75) is 42.8 Å². The van der Waals surface area contributed by atoms with Gasteiger partial charge in [-0.3, -0.25) is 4.79 Å². The molecule has 0 spiro atoms. The highest BCUT2D eigenvalue weighted by atomic mass is 32.2. The molecule has 37 heavy (non-hydrogen) atoms. The summed E-state index contributed by atoms with van der Waals surface area (Å²) in [5.74, 6) is -1.54. The number of hydrogen-bond donors (Lipinski definition) is 1. The first kappa shape index (κ1) is 27.5. The highest BCUT2D eigenvalue weighted by Crippen LogP contribution is 2.32. The summed E-state index contributed by atoms with van der Waals surface area (Å²) in [5, 5.41) is 2.78. The number of nitrogens with one attached hydrogen (secondary N) is 1. The van der Waals surface area contributed by atoms with Gasteiger partial charge in [-0.25, -0.2) is 25.5 Å². The zero-order chi connectivity index (χ0) is 26.6. The fourth-order valence-corrected chi connectivity index (χ4v) is 8.02. The first-order valence-electron chi connectivity index (χ1n) is 12.3. The van der Waals surface area contributed by atoms with Gasteiger partial charge in [0.05, 0.1) is 12.9 Å². The Labute approximate surface area is 217 Å². The van der Waals surface area contributed by atoms with Crippen LogP contribution in [-0.4, -0.2) is 64.6 Å². The summed E-state index contributed by atoms with van der Waals surface area (Å²) < 4.78 is 74.0. The van der Waals surface area contributed by atoms with Crippen LogP contribution < -0.4 is 10.1 Å². The second-order valence-corrected chi connectivity index (χ2v) is 13.2. The Kier molecular flexibility index (Phi) is 8.52. The van der Waals surface area contributed by atoms with Gasteiger partial charge in [0, 0.05) is 43.3 Å². The third kappa shape index (κ3) is 6.31. The van der Waals surface area contributed by atoms with Gasteiger partial charge >= 0.3 is 0 Å².